The van der Waals surface area contributed by atoms with Crippen molar-refractivity contribution in [3.8, 4) is 0 Å². The van der Waals surface area contributed by atoms with Gasteiger partial charge in [-0.15, -0.1) is 0 Å². The molecule has 1 heterocycles. The van der Waals surface area contributed by atoms with E-state index in [1.54, 1.807) is 26.0 Å². The van der Waals surface area contributed by atoms with Crippen LogP contribution in [-0.2, 0) is 20.0 Å². The van der Waals surface area contributed by atoms with Crippen molar-refractivity contribution in [2.24, 2.45) is 0 Å². The number of nitrogens with one attached hydrogen (secondary N) is 2. The molecule has 0 fully saturated rings. The van der Waals surface area contributed by atoms with Crippen LogP contribution in [0.5, 0.6) is 0 Å². The number of rotatable bonds is 7. The van der Waals surface area contributed by atoms with Gasteiger partial charge in [-0.05, 0) is 32.4 Å². The van der Waals surface area contributed by atoms with Gasteiger partial charge in [-0.3, -0.25) is 4.72 Å². The van der Waals surface area contributed by atoms with E-state index in [0.717, 1.165) is 5.56 Å². The highest BCUT2D eigenvalue weighted by molar-refractivity contribution is 7.92. The van der Waals surface area contributed by atoms with E-state index in [1.165, 1.54) is 12.1 Å². The third-order valence-electron chi connectivity index (χ3n) is 3.17. The number of hydrogen-bond acceptors (Lipinski definition) is 6. The fourth-order valence-electron chi connectivity index (χ4n) is 2.11. The van der Waals surface area contributed by atoms with E-state index < -0.39 is 25.8 Å². The summed E-state index contributed by atoms with van der Waals surface area (Å²) in [5.74, 6) is 0.0937. The highest BCUT2D eigenvalue weighted by Crippen LogP contribution is 2.16. The summed E-state index contributed by atoms with van der Waals surface area (Å²) in [6.45, 7) is 4.91. The summed E-state index contributed by atoms with van der Waals surface area (Å²) in [5.41, 5.74) is 1.54. The molecule has 8 nitrogen and oxygen atoms in total. The zero-order valence-corrected chi connectivity index (χ0v) is 15.2. The molecule has 10 heteroatoms. The van der Waals surface area contributed by atoms with Crippen molar-refractivity contribution < 1.29 is 21.4 Å². The van der Waals surface area contributed by atoms with Gasteiger partial charge in [-0.25, -0.2) is 21.6 Å². The van der Waals surface area contributed by atoms with Gasteiger partial charge in [-0.2, -0.15) is 0 Å². The fourth-order valence-corrected chi connectivity index (χ4v) is 4.39. The second-order valence-electron chi connectivity index (χ2n) is 5.41. The standard InChI is InChI=1S/C14H19N3O5S2/c1-10-4-5-13(11(2)8-10)24(20,21)15-6-7-23(18,19)17-14-9-12(3)22-16-14/h4-5,8-9,15H,6-7H2,1-3H3,(H,16,17). The Morgan fingerprint density at radius 1 is 1.08 bits per heavy atom. The summed E-state index contributed by atoms with van der Waals surface area (Å²) in [5, 5.41) is 3.52. The molecule has 0 spiro atoms. The van der Waals surface area contributed by atoms with Gasteiger partial charge in [0.2, 0.25) is 20.0 Å². The molecule has 2 N–H and O–H groups in total. The Morgan fingerprint density at radius 3 is 2.38 bits per heavy atom. The molecule has 0 aliphatic heterocycles. The van der Waals surface area contributed by atoms with Crippen molar-refractivity contribution in [1.82, 2.24) is 9.88 Å². The third kappa shape index (κ3) is 4.79. The molecule has 0 aliphatic carbocycles. The van der Waals surface area contributed by atoms with E-state index >= 15 is 0 Å². The third-order valence-corrected chi connectivity index (χ3v) is 6.05. The van der Waals surface area contributed by atoms with Crippen LogP contribution in [0.2, 0.25) is 0 Å². The molecular formula is C14H19N3O5S2. The first-order valence-corrected chi connectivity index (χ1v) is 10.2. The van der Waals surface area contributed by atoms with E-state index in [1.807, 2.05) is 6.92 Å². The van der Waals surface area contributed by atoms with Gasteiger partial charge in [-0.1, -0.05) is 22.9 Å². The minimum absolute atomic E-state index is 0.0599. The molecule has 132 valence electrons. The Bertz CT molecular complexity index is 933. The lowest BCUT2D eigenvalue weighted by Crippen LogP contribution is -2.31. The molecular weight excluding hydrogens is 354 g/mol. The van der Waals surface area contributed by atoms with Gasteiger partial charge in [0.05, 0.1) is 10.6 Å². The van der Waals surface area contributed by atoms with Gasteiger partial charge in [0.15, 0.2) is 5.82 Å². The number of aryl methyl sites for hydroxylation is 3. The average molecular weight is 373 g/mol. The number of nitrogens with zero attached hydrogens (tertiary/aromatic N) is 1. The highest BCUT2D eigenvalue weighted by atomic mass is 32.2. The van der Waals surface area contributed by atoms with Crippen molar-refractivity contribution in [3.63, 3.8) is 0 Å². The molecule has 0 bridgehead atoms. The van der Waals surface area contributed by atoms with E-state index in [2.05, 4.69) is 14.6 Å². The first-order chi connectivity index (χ1) is 11.1. The lowest BCUT2D eigenvalue weighted by Gasteiger charge is -2.10. The van der Waals surface area contributed by atoms with Crippen LogP contribution in [0.4, 0.5) is 5.82 Å². The predicted molar refractivity (Wildman–Crippen MR) is 89.8 cm³/mol. The molecule has 0 radical (unpaired) electrons. The van der Waals surface area contributed by atoms with Crippen molar-refractivity contribution in [2.75, 3.05) is 17.0 Å². The lowest BCUT2D eigenvalue weighted by atomic mass is 10.2. The van der Waals surface area contributed by atoms with Gasteiger partial charge in [0.25, 0.3) is 0 Å². The quantitative estimate of drug-likeness (QED) is 0.756. The molecule has 0 saturated carbocycles. The summed E-state index contributed by atoms with van der Waals surface area (Å²) in [6, 6.07) is 6.36. The van der Waals surface area contributed by atoms with Crippen LogP contribution in [0, 0.1) is 20.8 Å². The first-order valence-electron chi connectivity index (χ1n) is 7.10. The SMILES string of the molecule is Cc1ccc(S(=O)(=O)NCCS(=O)(=O)Nc2cc(C)on2)c(C)c1. The molecule has 1 aromatic carbocycles. The molecule has 0 saturated heterocycles. The zero-order valence-electron chi connectivity index (χ0n) is 13.5. The molecule has 2 rings (SSSR count). The second kappa shape index (κ2) is 6.91. The number of benzene rings is 1. The Hall–Kier alpha value is -1.91. The summed E-state index contributed by atoms with van der Waals surface area (Å²) in [6.07, 6.45) is 0. The maximum Gasteiger partial charge on any atom is 0.240 e. The summed E-state index contributed by atoms with van der Waals surface area (Å²) in [7, 11) is -7.52. The number of hydrogen-bond donors (Lipinski definition) is 2. The minimum atomic E-state index is -3.78. The van der Waals surface area contributed by atoms with Crippen LogP contribution in [0.15, 0.2) is 33.7 Å². The predicted octanol–water partition coefficient (Wildman–Crippen LogP) is 1.32. The number of aromatic nitrogens is 1. The maximum atomic E-state index is 12.3. The van der Waals surface area contributed by atoms with Crippen LogP contribution in [0.1, 0.15) is 16.9 Å². The molecule has 0 amide bonds. The summed E-state index contributed by atoms with van der Waals surface area (Å²) >= 11 is 0. The van der Waals surface area contributed by atoms with Crippen molar-refractivity contribution in [2.45, 2.75) is 25.7 Å². The zero-order chi connectivity index (χ0) is 18.0. The van der Waals surface area contributed by atoms with E-state index in [4.69, 9.17) is 4.52 Å². The lowest BCUT2D eigenvalue weighted by molar-refractivity contribution is 0.400. The average Bonchev–Trinajstić information content (AvgIpc) is 2.82. The van der Waals surface area contributed by atoms with Crippen LogP contribution >= 0.6 is 0 Å². The summed E-state index contributed by atoms with van der Waals surface area (Å²) < 4.78 is 57.6. The molecule has 24 heavy (non-hydrogen) atoms. The van der Waals surface area contributed by atoms with Crippen molar-refractivity contribution in [1.29, 1.82) is 0 Å². The highest BCUT2D eigenvalue weighted by Gasteiger charge is 2.19. The molecule has 0 unspecified atom stereocenters. The number of sulfonamides is 2. The van der Waals surface area contributed by atoms with E-state index in [0.29, 0.717) is 11.3 Å². The van der Waals surface area contributed by atoms with Crippen molar-refractivity contribution in [3.05, 3.63) is 41.2 Å². The van der Waals surface area contributed by atoms with Gasteiger partial charge in [0.1, 0.15) is 5.76 Å². The topological polar surface area (TPSA) is 118 Å². The van der Waals surface area contributed by atoms with Crippen molar-refractivity contribution >= 4 is 25.9 Å². The Balaban J connectivity index is 1.99. The van der Waals surface area contributed by atoms with Gasteiger partial charge < -0.3 is 4.52 Å². The van der Waals surface area contributed by atoms with Gasteiger partial charge >= 0.3 is 0 Å². The molecule has 0 aliphatic rings. The van der Waals surface area contributed by atoms with Crippen LogP contribution < -0.4 is 9.44 Å². The second-order valence-corrected chi connectivity index (χ2v) is 8.99. The largest absolute Gasteiger partial charge is 0.360 e. The Morgan fingerprint density at radius 2 is 1.79 bits per heavy atom. The fraction of sp³-hybridized carbons (Fsp3) is 0.357. The summed E-state index contributed by atoms with van der Waals surface area (Å²) in [4.78, 5) is 0.130. The van der Waals surface area contributed by atoms with E-state index in [-0.39, 0.29) is 17.3 Å². The smallest absolute Gasteiger partial charge is 0.240 e. The Labute approximate surface area is 141 Å². The van der Waals surface area contributed by atoms with Crippen LogP contribution in [0.3, 0.4) is 0 Å². The van der Waals surface area contributed by atoms with Crippen LogP contribution in [0.25, 0.3) is 0 Å². The number of anilines is 1. The first kappa shape index (κ1) is 18.4. The van der Waals surface area contributed by atoms with Crippen LogP contribution in [-0.4, -0.2) is 34.3 Å². The van der Waals surface area contributed by atoms with Gasteiger partial charge in [0, 0.05) is 12.6 Å². The normalized spacial score (nSPS) is 12.3. The monoisotopic (exact) mass is 373 g/mol. The molecule has 2 aromatic rings. The minimum Gasteiger partial charge on any atom is -0.360 e. The Kier molecular flexibility index (Phi) is 5.31. The van der Waals surface area contributed by atoms with E-state index in [9.17, 15) is 16.8 Å². The molecule has 0 atom stereocenters. The molecule has 1 aromatic heterocycles. The maximum absolute atomic E-state index is 12.3.